The molecular formula is C21H34N4O3S. The van der Waals surface area contributed by atoms with Gasteiger partial charge in [0.05, 0.1) is 11.4 Å². The van der Waals surface area contributed by atoms with E-state index in [1.54, 1.807) is 23.1 Å². The van der Waals surface area contributed by atoms with Gasteiger partial charge in [-0.3, -0.25) is 9.69 Å². The monoisotopic (exact) mass is 422 g/mol. The van der Waals surface area contributed by atoms with Crippen molar-refractivity contribution in [3.05, 3.63) is 29.3 Å². The number of hydrogen-bond donors (Lipinski definition) is 0. The maximum atomic E-state index is 12.8. The standard InChI is InChI=1S/C21H34N4O3S/c1-17-7-8-20(14-18(17)2)29(27,28)23(4)16-21(26)25-12-10-24(11-13-25)19-6-5-9-22(3)15-19/h7-8,14,19H,5-6,9-13,15-16H2,1-4H3. The van der Waals surface area contributed by atoms with Crippen LogP contribution in [0.1, 0.15) is 24.0 Å². The molecule has 1 aromatic rings. The molecule has 1 aromatic carbocycles. The van der Waals surface area contributed by atoms with Crippen molar-refractivity contribution in [1.29, 1.82) is 0 Å². The van der Waals surface area contributed by atoms with Crippen LogP contribution in [0.3, 0.4) is 0 Å². The number of benzene rings is 1. The van der Waals surface area contributed by atoms with E-state index in [0.717, 1.165) is 37.3 Å². The van der Waals surface area contributed by atoms with Crippen molar-refractivity contribution in [1.82, 2.24) is 19.0 Å². The van der Waals surface area contributed by atoms with Crippen molar-refractivity contribution in [2.24, 2.45) is 0 Å². The number of likely N-dealkylation sites (N-methyl/N-ethyl adjacent to an activating group) is 2. The summed E-state index contributed by atoms with van der Waals surface area (Å²) >= 11 is 0. The number of nitrogens with zero attached hydrogens (tertiary/aromatic N) is 4. The fraction of sp³-hybridized carbons (Fsp3) is 0.667. The molecule has 29 heavy (non-hydrogen) atoms. The lowest BCUT2D eigenvalue weighted by molar-refractivity contribution is -0.133. The second-order valence-corrected chi connectivity index (χ2v) is 10.5. The van der Waals surface area contributed by atoms with Crippen molar-refractivity contribution >= 4 is 15.9 Å². The molecule has 7 nitrogen and oxygen atoms in total. The van der Waals surface area contributed by atoms with Crippen molar-refractivity contribution in [2.45, 2.75) is 37.6 Å². The molecule has 0 radical (unpaired) electrons. The van der Waals surface area contributed by atoms with Gasteiger partial charge in [0.15, 0.2) is 0 Å². The van der Waals surface area contributed by atoms with E-state index in [4.69, 9.17) is 0 Å². The van der Waals surface area contributed by atoms with Gasteiger partial charge in [-0.2, -0.15) is 4.31 Å². The summed E-state index contributed by atoms with van der Waals surface area (Å²) in [6, 6.07) is 5.66. The molecule has 2 aliphatic rings. The molecule has 2 saturated heterocycles. The summed E-state index contributed by atoms with van der Waals surface area (Å²) in [7, 11) is -0.0290. The largest absolute Gasteiger partial charge is 0.339 e. The van der Waals surface area contributed by atoms with Crippen LogP contribution in [0, 0.1) is 13.8 Å². The zero-order valence-corrected chi connectivity index (χ0v) is 18.9. The lowest BCUT2D eigenvalue weighted by atomic mass is 10.0. The van der Waals surface area contributed by atoms with Crippen LogP contribution < -0.4 is 0 Å². The predicted octanol–water partition coefficient (Wildman–Crippen LogP) is 1.16. The van der Waals surface area contributed by atoms with E-state index >= 15 is 0 Å². The molecule has 1 atom stereocenters. The lowest BCUT2D eigenvalue weighted by Gasteiger charge is -2.42. The molecule has 162 valence electrons. The fourth-order valence-electron chi connectivity index (χ4n) is 4.20. The fourth-order valence-corrected chi connectivity index (χ4v) is 5.41. The molecular weight excluding hydrogens is 388 g/mol. The second kappa shape index (κ2) is 9.12. The zero-order valence-electron chi connectivity index (χ0n) is 18.1. The molecule has 0 saturated carbocycles. The van der Waals surface area contributed by atoms with E-state index in [0.29, 0.717) is 19.1 Å². The highest BCUT2D eigenvalue weighted by molar-refractivity contribution is 7.89. The Balaban J connectivity index is 1.55. The first-order valence-electron chi connectivity index (χ1n) is 10.4. The Labute approximate surface area is 175 Å². The maximum Gasteiger partial charge on any atom is 0.243 e. The first-order chi connectivity index (χ1) is 13.7. The van der Waals surface area contributed by atoms with Gasteiger partial charge in [0.2, 0.25) is 15.9 Å². The van der Waals surface area contributed by atoms with Crippen LogP contribution in [0.4, 0.5) is 0 Å². The van der Waals surface area contributed by atoms with Crippen LogP contribution in [0.15, 0.2) is 23.1 Å². The average molecular weight is 423 g/mol. The van der Waals surface area contributed by atoms with E-state index in [1.807, 2.05) is 13.8 Å². The third-order valence-corrected chi connectivity index (χ3v) is 8.13. The summed E-state index contributed by atoms with van der Waals surface area (Å²) in [5.74, 6) is -0.125. The van der Waals surface area contributed by atoms with Crippen molar-refractivity contribution in [3.8, 4) is 0 Å². The molecule has 0 aliphatic carbocycles. The van der Waals surface area contributed by atoms with Crippen molar-refractivity contribution in [2.75, 3.05) is 59.9 Å². The van der Waals surface area contributed by atoms with E-state index in [2.05, 4.69) is 16.8 Å². The number of carbonyl (C=O) groups is 1. The summed E-state index contributed by atoms with van der Waals surface area (Å²) in [6.07, 6.45) is 2.44. The summed E-state index contributed by atoms with van der Waals surface area (Å²) in [6.45, 7) is 9.01. The van der Waals surface area contributed by atoms with Crippen LogP contribution in [-0.2, 0) is 14.8 Å². The molecule has 8 heteroatoms. The number of piperazine rings is 1. The highest BCUT2D eigenvalue weighted by Crippen LogP contribution is 2.19. The minimum Gasteiger partial charge on any atom is -0.339 e. The van der Waals surface area contributed by atoms with E-state index in [-0.39, 0.29) is 17.3 Å². The first kappa shape index (κ1) is 22.2. The van der Waals surface area contributed by atoms with Crippen LogP contribution in [0.2, 0.25) is 0 Å². The van der Waals surface area contributed by atoms with Crippen LogP contribution in [-0.4, -0.2) is 99.3 Å². The molecule has 1 unspecified atom stereocenters. The van der Waals surface area contributed by atoms with Crippen molar-refractivity contribution in [3.63, 3.8) is 0 Å². The summed E-state index contributed by atoms with van der Waals surface area (Å²) in [5.41, 5.74) is 1.97. The van der Waals surface area contributed by atoms with Gasteiger partial charge in [0, 0.05) is 45.8 Å². The topological polar surface area (TPSA) is 64.2 Å². The molecule has 2 heterocycles. The second-order valence-electron chi connectivity index (χ2n) is 8.48. The van der Waals surface area contributed by atoms with E-state index in [1.165, 1.54) is 24.2 Å². The number of piperidine rings is 1. The van der Waals surface area contributed by atoms with Crippen LogP contribution in [0.25, 0.3) is 0 Å². The normalized spacial score (nSPS) is 22.2. The third-order valence-electron chi connectivity index (χ3n) is 6.33. The van der Waals surface area contributed by atoms with Gasteiger partial charge in [-0.25, -0.2) is 8.42 Å². The molecule has 1 amide bonds. The number of carbonyl (C=O) groups excluding carboxylic acids is 1. The Bertz CT molecular complexity index is 834. The molecule has 3 rings (SSSR count). The Morgan fingerprint density at radius 3 is 2.41 bits per heavy atom. The number of rotatable bonds is 5. The zero-order chi connectivity index (χ0) is 21.2. The molecule has 0 aromatic heterocycles. The third kappa shape index (κ3) is 5.17. The van der Waals surface area contributed by atoms with Gasteiger partial charge < -0.3 is 9.80 Å². The number of likely N-dealkylation sites (tertiary alicyclic amines) is 1. The Hall–Kier alpha value is -1.48. The van der Waals surface area contributed by atoms with Crippen LogP contribution >= 0.6 is 0 Å². The SMILES string of the molecule is Cc1ccc(S(=O)(=O)N(C)CC(=O)N2CCN(C3CCCN(C)C3)CC2)cc1C. The maximum absolute atomic E-state index is 12.8. The average Bonchev–Trinajstić information content (AvgIpc) is 2.70. The number of aryl methyl sites for hydroxylation is 2. The number of sulfonamides is 1. The Morgan fingerprint density at radius 1 is 1.10 bits per heavy atom. The highest BCUT2D eigenvalue weighted by atomic mass is 32.2. The predicted molar refractivity (Wildman–Crippen MR) is 114 cm³/mol. The molecule has 0 N–H and O–H groups in total. The quantitative estimate of drug-likeness (QED) is 0.713. The summed E-state index contributed by atoms with van der Waals surface area (Å²) < 4.78 is 26.9. The molecule has 0 bridgehead atoms. The molecule has 0 spiro atoms. The van der Waals surface area contributed by atoms with Gasteiger partial charge in [-0.05, 0) is 63.5 Å². The molecule has 2 aliphatic heterocycles. The summed E-state index contributed by atoms with van der Waals surface area (Å²) in [5, 5.41) is 0. The number of amides is 1. The van der Waals surface area contributed by atoms with Gasteiger partial charge in [-0.1, -0.05) is 6.07 Å². The van der Waals surface area contributed by atoms with Gasteiger partial charge in [-0.15, -0.1) is 0 Å². The lowest BCUT2D eigenvalue weighted by Crippen LogP contribution is -2.56. The van der Waals surface area contributed by atoms with E-state index < -0.39 is 10.0 Å². The van der Waals surface area contributed by atoms with Gasteiger partial charge in [0.1, 0.15) is 0 Å². The van der Waals surface area contributed by atoms with Gasteiger partial charge in [0.25, 0.3) is 0 Å². The smallest absolute Gasteiger partial charge is 0.243 e. The summed E-state index contributed by atoms with van der Waals surface area (Å²) in [4.78, 5) is 19.6. The highest BCUT2D eigenvalue weighted by Gasteiger charge is 2.30. The Kier molecular flexibility index (Phi) is 6.98. The van der Waals surface area contributed by atoms with Crippen molar-refractivity contribution < 1.29 is 13.2 Å². The van der Waals surface area contributed by atoms with Crippen LogP contribution in [0.5, 0.6) is 0 Å². The van der Waals surface area contributed by atoms with Gasteiger partial charge >= 0.3 is 0 Å². The molecule has 2 fully saturated rings. The first-order valence-corrected chi connectivity index (χ1v) is 11.9. The number of hydrogen-bond acceptors (Lipinski definition) is 5. The minimum absolute atomic E-state index is 0.124. The Morgan fingerprint density at radius 2 is 1.79 bits per heavy atom. The van der Waals surface area contributed by atoms with E-state index in [9.17, 15) is 13.2 Å². The minimum atomic E-state index is -3.68.